The molecule has 4 nitrogen and oxygen atoms in total. The summed E-state index contributed by atoms with van der Waals surface area (Å²) in [6.45, 7) is 0.0826. The maximum atomic E-state index is 14.1. The van der Waals surface area contributed by atoms with Crippen LogP contribution in [-0.4, -0.2) is 9.56 Å². The van der Waals surface area contributed by atoms with Crippen molar-refractivity contribution >= 4 is 28.3 Å². The van der Waals surface area contributed by atoms with Gasteiger partial charge in [-0.15, -0.1) is 0 Å². The molecule has 3 aromatic rings. The minimum atomic E-state index is -0.519. The Morgan fingerprint density at radius 3 is 2.76 bits per heavy atom. The lowest BCUT2D eigenvalue weighted by atomic mass is 10.1. The summed E-state index contributed by atoms with van der Waals surface area (Å²) in [7, 11) is 0. The molecule has 0 radical (unpaired) electrons. The molecule has 0 aliphatic carbocycles. The van der Waals surface area contributed by atoms with Crippen LogP contribution >= 0.6 is 12.2 Å². The largest absolute Gasteiger partial charge is 0.420 e. The van der Waals surface area contributed by atoms with Crippen molar-refractivity contribution in [1.82, 2.24) is 4.57 Å². The Labute approximate surface area is 124 Å². The van der Waals surface area contributed by atoms with E-state index in [1.807, 2.05) is 0 Å². The van der Waals surface area contributed by atoms with Crippen LogP contribution < -0.4 is 11.5 Å². The number of hydrogen-bond donors (Lipinski definition) is 1. The standard InChI is InChI=1S/C15H11FN2O2S/c16-11-7-9(14(17)21)5-6-10(11)8-18-12-3-1-2-4-13(12)20-15(18)19/h1-7H,8H2,(H2,17,21). The van der Waals surface area contributed by atoms with Gasteiger partial charge in [0.15, 0.2) is 5.58 Å². The van der Waals surface area contributed by atoms with Crippen molar-refractivity contribution < 1.29 is 8.81 Å². The molecular formula is C15H11FN2O2S. The first kappa shape index (κ1) is 13.5. The summed E-state index contributed by atoms with van der Waals surface area (Å²) < 4.78 is 20.6. The van der Waals surface area contributed by atoms with Crippen molar-refractivity contribution in [3.8, 4) is 0 Å². The van der Waals surface area contributed by atoms with Crippen molar-refractivity contribution in [2.75, 3.05) is 0 Å². The number of rotatable bonds is 3. The molecule has 1 aromatic heterocycles. The molecule has 0 amide bonds. The van der Waals surface area contributed by atoms with Gasteiger partial charge in [-0.05, 0) is 18.2 Å². The van der Waals surface area contributed by atoms with Crippen LogP contribution in [0.3, 0.4) is 0 Å². The summed E-state index contributed by atoms with van der Waals surface area (Å²) in [6.07, 6.45) is 0. The normalized spacial score (nSPS) is 10.9. The van der Waals surface area contributed by atoms with Gasteiger partial charge in [0.25, 0.3) is 0 Å². The number of fused-ring (bicyclic) bond motifs is 1. The van der Waals surface area contributed by atoms with Gasteiger partial charge in [0.1, 0.15) is 10.8 Å². The van der Waals surface area contributed by atoms with E-state index >= 15 is 0 Å². The lowest BCUT2D eigenvalue weighted by Crippen LogP contribution is -2.16. The number of para-hydroxylation sites is 2. The van der Waals surface area contributed by atoms with E-state index in [9.17, 15) is 9.18 Å². The predicted molar refractivity (Wildman–Crippen MR) is 81.9 cm³/mol. The predicted octanol–water partition coefficient (Wildman–Crippen LogP) is 2.42. The van der Waals surface area contributed by atoms with Gasteiger partial charge in [0.2, 0.25) is 0 Å². The molecule has 0 saturated carbocycles. The highest BCUT2D eigenvalue weighted by Crippen LogP contribution is 2.16. The first-order valence-corrected chi connectivity index (χ1v) is 6.63. The van der Waals surface area contributed by atoms with Crippen LogP contribution in [-0.2, 0) is 6.54 Å². The molecular weight excluding hydrogens is 291 g/mol. The minimum Gasteiger partial charge on any atom is -0.408 e. The van der Waals surface area contributed by atoms with Gasteiger partial charge in [-0.1, -0.05) is 36.5 Å². The minimum absolute atomic E-state index is 0.0826. The van der Waals surface area contributed by atoms with E-state index in [-0.39, 0.29) is 11.5 Å². The van der Waals surface area contributed by atoms with Crippen LogP contribution in [0.25, 0.3) is 11.1 Å². The van der Waals surface area contributed by atoms with Crippen LogP contribution in [0, 0.1) is 5.82 Å². The topological polar surface area (TPSA) is 61.2 Å². The number of halogens is 1. The fourth-order valence-electron chi connectivity index (χ4n) is 2.16. The fraction of sp³-hybridized carbons (Fsp3) is 0.0667. The lowest BCUT2D eigenvalue weighted by Gasteiger charge is -2.06. The summed E-state index contributed by atoms with van der Waals surface area (Å²) in [5, 5.41) is 0. The average molecular weight is 302 g/mol. The molecule has 2 N–H and O–H groups in total. The van der Waals surface area contributed by atoms with Crippen LogP contribution in [0.15, 0.2) is 51.7 Å². The van der Waals surface area contributed by atoms with E-state index in [1.165, 1.54) is 10.6 Å². The van der Waals surface area contributed by atoms with Crippen molar-refractivity contribution in [2.45, 2.75) is 6.54 Å². The maximum absolute atomic E-state index is 14.1. The molecule has 0 fully saturated rings. The van der Waals surface area contributed by atoms with E-state index in [0.717, 1.165) is 0 Å². The van der Waals surface area contributed by atoms with Crippen LogP contribution in [0.1, 0.15) is 11.1 Å². The van der Waals surface area contributed by atoms with E-state index in [4.69, 9.17) is 22.4 Å². The van der Waals surface area contributed by atoms with E-state index in [2.05, 4.69) is 0 Å². The fourth-order valence-corrected chi connectivity index (χ4v) is 2.29. The highest BCUT2D eigenvalue weighted by atomic mass is 32.1. The molecule has 6 heteroatoms. The number of nitrogens with two attached hydrogens (primary N) is 1. The Bertz CT molecular complexity index is 898. The Kier molecular flexibility index (Phi) is 3.31. The van der Waals surface area contributed by atoms with Gasteiger partial charge in [-0.2, -0.15) is 0 Å². The number of hydrogen-bond acceptors (Lipinski definition) is 3. The van der Waals surface area contributed by atoms with E-state index in [1.54, 1.807) is 36.4 Å². The molecule has 2 aromatic carbocycles. The zero-order valence-corrected chi connectivity index (χ0v) is 11.7. The Morgan fingerprint density at radius 2 is 2.05 bits per heavy atom. The smallest absolute Gasteiger partial charge is 0.408 e. The molecule has 3 rings (SSSR count). The third-order valence-electron chi connectivity index (χ3n) is 3.24. The number of thiocarbonyl (C=S) groups is 1. The summed E-state index contributed by atoms with van der Waals surface area (Å²) in [5.41, 5.74) is 7.38. The third kappa shape index (κ3) is 2.45. The Balaban J connectivity index is 2.05. The Hall–Kier alpha value is -2.47. The van der Waals surface area contributed by atoms with Crippen LogP contribution in [0.5, 0.6) is 0 Å². The average Bonchev–Trinajstić information content (AvgIpc) is 2.77. The van der Waals surface area contributed by atoms with Gasteiger partial charge in [-0.3, -0.25) is 4.57 Å². The van der Waals surface area contributed by atoms with Crippen molar-refractivity contribution in [3.05, 3.63) is 70.0 Å². The summed E-state index contributed by atoms with van der Waals surface area (Å²) >= 11 is 4.81. The van der Waals surface area contributed by atoms with Crippen LogP contribution in [0.2, 0.25) is 0 Å². The zero-order chi connectivity index (χ0) is 15.0. The summed E-state index contributed by atoms with van der Waals surface area (Å²) in [6, 6.07) is 11.5. The number of aromatic nitrogens is 1. The first-order valence-electron chi connectivity index (χ1n) is 6.23. The number of benzene rings is 2. The first-order chi connectivity index (χ1) is 10.1. The molecule has 0 aliphatic heterocycles. The summed E-state index contributed by atoms with van der Waals surface area (Å²) in [4.78, 5) is 12.0. The summed E-state index contributed by atoms with van der Waals surface area (Å²) in [5.74, 6) is -0.980. The second-order valence-corrected chi connectivity index (χ2v) is 5.03. The highest BCUT2D eigenvalue weighted by Gasteiger charge is 2.12. The number of nitrogens with zero attached hydrogens (tertiary/aromatic N) is 1. The SMILES string of the molecule is NC(=S)c1ccc(Cn2c(=O)oc3ccccc32)c(F)c1. The maximum Gasteiger partial charge on any atom is 0.420 e. The third-order valence-corrected chi connectivity index (χ3v) is 3.48. The van der Waals surface area contributed by atoms with Crippen molar-refractivity contribution in [3.63, 3.8) is 0 Å². The Morgan fingerprint density at radius 1 is 1.29 bits per heavy atom. The lowest BCUT2D eigenvalue weighted by molar-refractivity contribution is 0.512. The van der Waals surface area contributed by atoms with Crippen molar-refractivity contribution in [1.29, 1.82) is 0 Å². The zero-order valence-electron chi connectivity index (χ0n) is 10.9. The second-order valence-electron chi connectivity index (χ2n) is 4.59. The van der Waals surface area contributed by atoms with Gasteiger partial charge in [-0.25, -0.2) is 9.18 Å². The second kappa shape index (κ2) is 5.14. The molecule has 0 saturated heterocycles. The molecule has 0 unspecified atom stereocenters. The van der Waals surface area contributed by atoms with Gasteiger partial charge < -0.3 is 10.2 Å². The highest BCUT2D eigenvalue weighted by molar-refractivity contribution is 7.80. The molecule has 0 spiro atoms. The van der Waals surface area contributed by atoms with Gasteiger partial charge in [0.05, 0.1) is 12.1 Å². The molecule has 0 bridgehead atoms. The van der Waals surface area contributed by atoms with E-state index in [0.29, 0.717) is 22.2 Å². The molecule has 106 valence electrons. The van der Waals surface area contributed by atoms with Crippen LogP contribution in [0.4, 0.5) is 4.39 Å². The molecule has 1 heterocycles. The number of oxazole rings is 1. The molecule has 21 heavy (non-hydrogen) atoms. The van der Waals surface area contributed by atoms with Gasteiger partial charge in [0, 0.05) is 11.1 Å². The molecule has 0 aliphatic rings. The van der Waals surface area contributed by atoms with Gasteiger partial charge >= 0.3 is 5.76 Å². The van der Waals surface area contributed by atoms with E-state index < -0.39 is 11.6 Å². The monoisotopic (exact) mass is 302 g/mol. The molecule has 0 atom stereocenters. The quantitative estimate of drug-likeness (QED) is 0.755. The van der Waals surface area contributed by atoms with Crippen molar-refractivity contribution in [2.24, 2.45) is 5.73 Å².